The van der Waals surface area contributed by atoms with Crippen molar-refractivity contribution in [1.29, 1.82) is 0 Å². The second-order valence-electron chi connectivity index (χ2n) is 9.29. The van der Waals surface area contributed by atoms with Gasteiger partial charge in [0.1, 0.15) is 0 Å². The number of hydrogen-bond acceptors (Lipinski definition) is 6. The average molecular weight is 506 g/mol. The van der Waals surface area contributed by atoms with Crippen LogP contribution in [0.3, 0.4) is 0 Å². The minimum Gasteiger partial charge on any atom is -0.379 e. The van der Waals surface area contributed by atoms with Crippen molar-refractivity contribution in [2.75, 3.05) is 52.5 Å². The lowest BCUT2D eigenvalue weighted by Crippen LogP contribution is -2.35. The van der Waals surface area contributed by atoms with E-state index >= 15 is 0 Å². The molecule has 190 valence electrons. The zero-order valence-corrected chi connectivity index (χ0v) is 22.0. The van der Waals surface area contributed by atoms with Gasteiger partial charge in [-0.3, -0.25) is 14.1 Å². The van der Waals surface area contributed by atoms with E-state index in [0.29, 0.717) is 12.1 Å². The van der Waals surface area contributed by atoms with Crippen LogP contribution < -0.4 is 5.32 Å². The van der Waals surface area contributed by atoms with Gasteiger partial charge in [-0.25, -0.2) is 4.98 Å². The van der Waals surface area contributed by atoms with Gasteiger partial charge in [0.2, 0.25) is 0 Å². The first-order valence-corrected chi connectivity index (χ1v) is 13.8. The summed E-state index contributed by atoms with van der Waals surface area (Å²) in [5.41, 5.74) is 5.18. The van der Waals surface area contributed by atoms with Gasteiger partial charge in [-0.1, -0.05) is 49.4 Å². The molecule has 0 saturated carbocycles. The fourth-order valence-electron chi connectivity index (χ4n) is 4.73. The van der Waals surface area contributed by atoms with E-state index in [1.807, 2.05) is 18.2 Å². The van der Waals surface area contributed by atoms with Crippen molar-refractivity contribution in [1.82, 2.24) is 24.5 Å². The molecule has 5 rings (SSSR count). The van der Waals surface area contributed by atoms with Crippen molar-refractivity contribution in [3.05, 3.63) is 59.8 Å². The van der Waals surface area contributed by atoms with Crippen molar-refractivity contribution < 1.29 is 9.53 Å². The summed E-state index contributed by atoms with van der Waals surface area (Å²) >= 11 is 1.62. The third kappa shape index (κ3) is 5.62. The molecule has 0 bridgehead atoms. The van der Waals surface area contributed by atoms with Crippen LogP contribution in [0, 0.1) is 0 Å². The van der Waals surface area contributed by atoms with Crippen LogP contribution in [0.1, 0.15) is 36.2 Å². The Kier molecular flexibility index (Phi) is 7.96. The molecular formula is C28H35N5O2S. The number of hydrogen-bond donors (Lipinski definition) is 1. The molecule has 1 saturated heterocycles. The van der Waals surface area contributed by atoms with Crippen molar-refractivity contribution in [3.63, 3.8) is 0 Å². The number of fused-ring (bicyclic) bond motifs is 3. The maximum absolute atomic E-state index is 12.7. The zero-order chi connectivity index (χ0) is 24.9. The number of morpholine rings is 1. The highest BCUT2D eigenvalue weighted by molar-refractivity contribution is 7.23. The number of carbonyl (C=O) groups is 1. The first kappa shape index (κ1) is 24.9. The molecule has 1 amide bonds. The van der Waals surface area contributed by atoms with Gasteiger partial charge in [0.25, 0.3) is 5.91 Å². The van der Waals surface area contributed by atoms with Crippen LogP contribution in [0.2, 0.25) is 0 Å². The Labute approximate surface area is 216 Å². The van der Waals surface area contributed by atoms with E-state index in [4.69, 9.17) is 9.72 Å². The molecule has 8 heteroatoms. The first-order valence-electron chi connectivity index (χ1n) is 13.0. The number of benzene rings is 2. The molecular weight excluding hydrogens is 470 g/mol. The van der Waals surface area contributed by atoms with Crippen LogP contribution in [0.15, 0.2) is 48.7 Å². The summed E-state index contributed by atoms with van der Waals surface area (Å²) in [7, 11) is 0. The monoisotopic (exact) mass is 505 g/mol. The molecule has 1 fully saturated rings. The first-order chi connectivity index (χ1) is 17.6. The predicted molar refractivity (Wildman–Crippen MR) is 147 cm³/mol. The molecule has 4 aromatic rings. The molecule has 2 aromatic heterocycles. The number of ether oxygens (including phenoxy) is 1. The lowest BCUT2D eigenvalue weighted by atomic mass is 10.1. The largest absolute Gasteiger partial charge is 0.379 e. The lowest BCUT2D eigenvalue weighted by Gasteiger charge is -2.26. The number of imidazole rings is 1. The van der Waals surface area contributed by atoms with E-state index < -0.39 is 0 Å². The topological polar surface area (TPSA) is 62.1 Å². The summed E-state index contributed by atoms with van der Waals surface area (Å²) in [6, 6.07) is 14.6. The second-order valence-corrected chi connectivity index (χ2v) is 10.3. The maximum Gasteiger partial charge on any atom is 0.251 e. The highest BCUT2D eigenvalue weighted by atomic mass is 32.1. The Morgan fingerprint density at radius 2 is 1.89 bits per heavy atom. The normalized spacial score (nSPS) is 14.8. The fourth-order valence-corrected chi connectivity index (χ4v) is 5.77. The number of amides is 1. The quantitative estimate of drug-likeness (QED) is 0.321. The molecule has 3 heterocycles. The van der Waals surface area contributed by atoms with E-state index in [1.165, 1.54) is 5.56 Å². The average Bonchev–Trinajstić information content (AvgIpc) is 3.47. The van der Waals surface area contributed by atoms with Crippen molar-refractivity contribution in [2.24, 2.45) is 0 Å². The second kappa shape index (κ2) is 11.5. The minimum absolute atomic E-state index is 0.0136. The number of carbonyl (C=O) groups excluding carboxylic acids is 1. The molecule has 0 radical (unpaired) electrons. The van der Waals surface area contributed by atoms with Gasteiger partial charge in [-0.2, -0.15) is 0 Å². The van der Waals surface area contributed by atoms with Gasteiger partial charge < -0.3 is 15.0 Å². The van der Waals surface area contributed by atoms with Crippen LogP contribution >= 0.6 is 11.3 Å². The molecule has 0 aliphatic carbocycles. The van der Waals surface area contributed by atoms with Gasteiger partial charge >= 0.3 is 0 Å². The van der Waals surface area contributed by atoms with Gasteiger partial charge in [-0.05, 0) is 49.8 Å². The molecule has 0 unspecified atom stereocenters. The minimum atomic E-state index is -0.0136. The van der Waals surface area contributed by atoms with E-state index in [-0.39, 0.29) is 5.91 Å². The van der Waals surface area contributed by atoms with E-state index in [2.05, 4.69) is 63.8 Å². The van der Waals surface area contributed by atoms with E-state index in [0.717, 1.165) is 85.3 Å². The van der Waals surface area contributed by atoms with Gasteiger partial charge in [-0.15, -0.1) is 0 Å². The SMILES string of the molecule is CCN(CC)CCCNC(=O)c1ccc2c(c1)sc1nc(-c3ccc(CN4CCOCC4)cc3)cn12. The number of aromatic nitrogens is 2. The van der Waals surface area contributed by atoms with E-state index in [9.17, 15) is 4.79 Å². The van der Waals surface area contributed by atoms with Crippen LogP contribution in [-0.4, -0.2) is 77.6 Å². The van der Waals surface area contributed by atoms with Crippen LogP contribution in [0.5, 0.6) is 0 Å². The Balaban J connectivity index is 1.24. The van der Waals surface area contributed by atoms with Crippen LogP contribution in [0.25, 0.3) is 26.4 Å². The zero-order valence-electron chi connectivity index (χ0n) is 21.2. The molecule has 1 aliphatic rings. The summed E-state index contributed by atoms with van der Waals surface area (Å²) < 4.78 is 8.64. The Morgan fingerprint density at radius 3 is 2.64 bits per heavy atom. The van der Waals surface area contributed by atoms with Gasteiger partial charge in [0.05, 0.1) is 29.1 Å². The summed E-state index contributed by atoms with van der Waals surface area (Å²) in [5.74, 6) is -0.0136. The van der Waals surface area contributed by atoms with Crippen LogP contribution in [0.4, 0.5) is 0 Å². The smallest absolute Gasteiger partial charge is 0.251 e. The fraction of sp³-hybridized carbons (Fsp3) is 0.429. The third-order valence-electron chi connectivity index (χ3n) is 6.95. The molecule has 7 nitrogen and oxygen atoms in total. The van der Waals surface area contributed by atoms with Crippen molar-refractivity contribution >= 4 is 32.4 Å². The van der Waals surface area contributed by atoms with Crippen molar-refractivity contribution in [3.8, 4) is 11.3 Å². The van der Waals surface area contributed by atoms with Gasteiger partial charge in [0, 0.05) is 43.5 Å². The lowest BCUT2D eigenvalue weighted by molar-refractivity contribution is 0.0342. The molecule has 1 N–H and O–H groups in total. The summed E-state index contributed by atoms with van der Waals surface area (Å²) in [6.45, 7) is 12.7. The number of nitrogens with one attached hydrogen (secondary N) is 1. The van der Waals surface area contributed by atoms with Crippen molar-refractivity contribution in [2.45, 2.75) is 26.8 Å². The highest BCUT2D eigenvalue weighted by Gasteiger charge is 2.14. The highest BCUT2D eigenvalue weighted by Crippen LogP contribution is 2.30. The molecule has 2 aromatic carbocycles. The molecule has 1 aliphatic heterocycles. The Hall–Kier alpha value is -2.78. The number of rotatable bonds is 10. The van der Waals surface area contributed by atoms with E-state index in [1.54, 1.807) is 11.3 Å². The standard InChI is InChI=1S/C28H35N5O2S/c1-3-31(4-2)13-5-12-29-27(34)23-10-11-25-26(18-23)36-28-30-24(20-33(25)28)22-8-6-21(7-9-22)19-32-14-16-35-17-15-32/h6-11,18,20H,3-5,12-17,19H2,1-2H3,(H,29,34). The van der Waals surface area contributed by atoms with Gasteiger partial charge in [0.15, 0.2) is 4.96 Å². The Bertz CT molecular complexity index is 1300. The molecule has 0 atom stereocenters. The molecule has 36 heavy (non-hydrogen) atoms. The number of thiazole rings is 1. The summed E-state index contributed by atoms with van der Waals surface area (Å²) in [4.78, 5) is 23.3. The number of nitrogens with zero attached hydrogens (tertiary/aromatic N) is 4. The van der Waals surface area contributed by atoms with Crippen LogP contribution in [-0.2, 0) is 11.3 Å². The summed E-state index contributed by atoms with van der Waals surface area (Å²) in [6.07, 6.45) is 3.05. The maximum atomic E-state index is 12.7. The third-order valence-corrected chi connectivity index (χ3v) is 7.96. The predicted octanol–water partition coefficient (Wildman–Crippen LogP) is 4.51. The summed E-state index contributed by atoms with van der Waals surface area (Å²) in [5, 5.41) is 3.06. The molecule has 0 spiro atoms. The Morgan fingerprint density at radius 1 is 1.11 bits per heavy atom.